The average molecular weight is 290 g/mol. The van der Waals surface area contributed by atoms with Crippen molar-refractivity contribution in [1.29, 1.82) is 0 Å². The molecule has 0 saturated heterocycles. The number of benzene rings is 1. The molecule has 0 bridgehead atoms. The van der Waals surface area contributed by atoms with Crippen molar-refractivity contribution >= 4 is 23.1 Å². The topological polar surface area (TPSA) is 83.1 Å². The van der Waals surface area contributed by atoms with Crippen LogP contribution in [0.1, 0.15) is 0 Å². The number of hydrogen-bond acceptors (Lipinski definition) is 6. The van der Waals surface area contributed by atoms with Gasteiger partial charge in [-0.1, -0.05) is 0 Å². The molecule has 1 rings (SSSR count). The second-order valence-corrected chi connectivity index (χ2v) is 3.49. The highest BCUT2D eigenvalue weighted by Gasteiger charge is 2.18. The van der Waals surface area contributed by atoms with Crippen molar-refractivity contribution in [3.8, 4) is 23.0 Å². The number of halogens is 1. The van der Waals surface area contributed by atoms with Gasteiger partial charge in [-0.15, -0.1) is 0 Å². The van der Waals surface area contributed by atoms with E-state index in [4.69, 9.17) is 30.5 Å². The fourth-order valence-corrected chi connectivity index (χ4v) is 1.35. The van der Waals surface area contributed by atoms with Gasteiger partial charge in [-0.2, -0.15) is 0 Å². The molecule has 1 N–H and O–H groups in total. The van der Waals surface area contributed by atoms with Gasteiger partial charge in [0, 0.05) is 12.1 Å². The Balaban J connectivity index is 3.10. The molecule has 0 aromatic heterocycles. The van der Waals surface area contributed by atoms with Crippen LogP contribution in [0, 0.1) is 0 Å². The predicted molar refractivity (Wildman–Crippen MR) is 66.5 cm³/mol. The maximum Gasteiger partial charge on any atom is 0.420 e. The van der Waals surface area contributed by atoms with E-state index in [-0.39, 0.29) is 17.2 Å². The fraction of sp³-hybridized carbons (Fsp3) is 0.273. The zero-order valence-corrected chi connectivity index (χ0v) is 11.2. The van der Waals surface area contributed by atoms with Crippen molar-refractivity contribution in [3.05, 3.63) is 12.1 Å². The van der Waals surface area contributed by atoms with Crippen molar-refractivity contribution in [1.82, 2.24) is 5.32 Å². The smallest absolute Gasteiger partial charge is 0.420 e. The van der Waals surface area contributed by atoms with Crippen molar-refractivity contribution in [2.45, 2.75) is 0 Å². The minimum atomic E-state index is -1.06. The van der Waals surface area contributed by atoms with Gasteiger partial charge in [0.15, 0.2) is 11.5 Å². The summed E-state index contributed by atoms with van der Waals surface area (Å²) in [5, 5.41) is 0.687. The number of methoxy groups -OCH3 is 3. The van der Waals surface area contributed by atoms with Crippen LogP contribution in [-0.2, 0) is 0 Å². The van der Waals surface area contributed by atoms with Gasteiger partial charge in [0.2, 0.25) is 5.75 Å². The number of rotatable bonds is 4. The molecule has 0 fully saturated rings. The monoisotopic (exact) mass is 289 g/mol. The van der Waals surface area contributed by atoms with Crippen LogP contribution in [0.2, 0.25) is 0 Å². The van der Waals surface area contributed by atoms with E-state index in [1.807, 2.05) is 0 Å². The van der Waals surface area contributed by atoms with E-state index in [2.05, 4.69) is 0 Å². The average Bonchev–Trinajstić information content (AvgIpc) is 2.37. The van der Waals surface area contributed by atoms with Gasteiger partial charge >= 0.3 is 11.5 Å². The van der Waals surface area contributed by atoms with Crippen LogP contribution in [-0.4, -0.2) is 32.8 Å². The number of imide groups is 1. The van der Waals surface area contributed by atoms with Gasteiger partial charge in [-0.25, -0.2) is 10.1 Å². The molecule has 0 atom stereocenters. The van der Waals surface area contributed by atoms with E-state index in [1.54, 1.807) is 5.32 Å². The Morgan fingerprint density at radius 1 is 1.05 bits per heavy atom. The fourth-order valence-electron chi connectivity index (χ4n) is 1.27. The van der Waals surface area contributed by atoms with Crippen LogP contribution in [0.3, 0.4) is 0 Å². The van der Waals surface area contributed by atoms with E-state index in [0.29, 0.717) is 5.75 Å². The van der Waals surface area contributed by atoms with Crippen molar-refractivity contribution in [3.63, 3.8) is 0 Å². The first-order valence-electron chi connectivity index (χ1n) is 5.00. The number of carbonyl (C=O) groups is 2. The lowest BCUT2D eigenvalue weighted by atomic mass is 10.2. The molecule has 104 valence electrons. The number of ether oxygens (including phenoxy) is 4. The Morgan fingerprint density at radius 3 is 1.95 bits per heavy atom. The number of amides is 2. The minimum Gasteiger partial charge on any atom is -0.496 e. The third-order valence-electron chi connectivity index (χ3n) is 2.06. The van der Waals surface area contributed by atoms with Gasteiger partial charge in [0.1, 0.15) is 5.75 Å². The summed E-state index contributed by atoms with van der Waals surface area (Å²) in [5.74, 6) is 0.859. The molecule has 0 radical (unpaired) electrons. The first-order valence-corrected chi connectivity index (χ1v) is 5.38. The first kappa shape index (κ1) is 14.9. The molecule has 0 aliphatic rings. The van der Waals surface area contributed by atoms with E-state index < -0.39 is 11.5 Å². The highest BCUT2D eigenvalue weighted by Crippen LogP contribution is 2.41. The Morgan fingerprint density at radius 2 is 1.58 bits per heavy atom. The molecule has 1 aromatic carbocycles. The quantitative estimate of drug-likeness (QED) is 0.675. The Hall–Kier alpha value is -2.15. The molecule has 7 nitrogen and oxygen atoms in total. The SMILES string of the molecule is COc1cc(OC)c(OC(=O)NC(=O)Cl)c(OC)c1. The molecule has 0 aliphatic carbocycles. The van der Waals surface area contributed by atoms with Crippen LogP contribution < -0.4 is 24.3 Å². The molecule has 19 heavy (non-hydrogen) atoms. The Kier molecular flexibility index (Phi) is 5.25. The predicted octanol–water partition coefficient (Wildman–Crippen LogP) is 2.16. The molecule has 8 heteroatoms. The molecule has 0 aliphatic heterocycles. The van der Waals surface area contributed by atoms with Crippen molar-refractivity contribution in [2.24, 2.45) is 0 Å². The van der Waals surface area contributed by atoms with Crippen LogP contribution >= 0.6 is 11.6 Å². The van der Waals surface area contributed by atoms with Crippen molar-refractivity contribution in [2.75, 3.05) is 21.3 Å². The van der Waals surface area contributed by atoms with Crippen molar-refractivity contribution < 1.29 is 28.5 Å². The van der Waals surface area contributed by atoms with Gasteiger partial charge in [-0.05, 0) is 11.6 Å². The summed E-state index contributed by atoms with van der Waals surface area (Å²) < 4.78 is 20.0. The maximum atomic E-state index is 11.3. The summed E-state index contributed by atoms with van der Waals surface area (Å²) in [4.78, 5) is 21.9. The molecule has 1 aromatic rings. The number of carbonyl (C=O) groups excluding carboxylic acids is 2. The number of nitrogens with one attached hydrogen (secondary N) is 1. The van der Waals surface area contributed by atoms with E-state index in [9.17, 15) is 9.59 Å². The highest BCUT2D eigenvalue weighted by atomic mass is 35.5. The van der Waals surface area contributed by atoms with Gasteiger partial charge < -0.3 is 18.9 Å². The van der Waals surface area contributed by atoms with Gasteiger partial charge in [-0.3, -0.25) is 4.79 Å². The molecule has 0 saturated carbocycles. The Labute approximate surface area is 114 Å². The number of hydrogen-bond donors (Lipinski definition) is 1. The molecule has 0 spiro atoms. The normalized spacial score (nSPS) is 9.47. The second-order valence-electron chi connectivity index (χ2n) is 3.15. The van der Waals surface area contributed by atoms with E-state index >= 15 is 0 Å². The highest BCUT2D eigenvalue weighted by molar-refractivity contribution is 6.64. The van der Waals surface area contributed by atoms with Gasteiger partial charge in [0.05, 0.1) is 21.3 Å². The summed E-state index contributed by atoms with van der Waals surface area (Å²) in [6.07, 6.45) is -1.05. The lowest BCUT2D eigenvalue weighted by Gasteiger charge is -2.14. The summed E-state index contributed by atoms with van der Waals surface area (Å²) in [5.41, 5.74) is 0. The van der Waals surface area contributed by atoms with Gasteiger partial charge in [0.25, 0.3) is 0 Å². The zero-order valence-electron chi connectivity index (χ0n) is 10.5. The van der Waals surface area contributed by atoms with Crippen LogP contribution in [0.4, 0.5) is 9.59 Å². The molecule has 2 amide bonds. The molecule has 0 unspecified atom stereocenters. The van der Waals surface area contributed by atoms with Crippen LogP contribution in [0.25, 0.3) is 0 Å². The van der Waals surface area contributed by atoms with E-state index in [1.165, 1.54) is 33.5 Å². The summed E-state index contributed by atoms with van der Waals surface area (Å²) in [6, 6.07) is 2.99. The molecular formula is C11H12ClNO6. The maximum absolute atomic E-state index is 11.3. The van der Waals surface area contributed by atoms with E-state index in [0.717, 1.165) is 0 Å². The van der Waals surface area contributed by atoms with Crippen LogP contribution in [0.5, 0.6) is 23.0 Å². The largest absolute Gasteiger partial charge is 0.496 e. The molecular weight excluding hydrogens is 278 g/mol. The lowest BCUT2D eigenvalue weighted by molar-refractivity contribution is 0.196. The zero-order chi connectivity index (χ0) is 14.4. The summed E-state index contributed by atoms with van der Waals surface area (Å²) in [7, 11) is 4.23. The summed E-state index contributed by atoms with van der Waals surface area (Å²) >= 11 is 5.00. The second kappa shape index (κ2) is 6.69. The van der Waals surface area contributed by atoms with Crippen LogP contribution in [0.15, 0.2) is 12.1 Å². The third-order valence-corrected chi connectivity index (χ3v) is 2.16. The minimum absolute atomic E-state index is 0.00113. The Bertz CT molecular complexity index is 465. The lowest BCUT2D eigenvalue weighted by Crippen LogP contribution is -2.29. The standard InChI is InChI=1S/C11H12ClNO6/c1-16-6-4-7(17-2)9(8(5-6)18-3)19-11(15)13-10(12)14/h4-5H,1-3H3,(H,13,14,15). The third kappa shape index (κ3) is 3.92. The summed E-state index contributed by atoms with van der Waals surface area (Å²) in [6.45, 7) is 0. The first-order chi connectivity index (χ1) is 9.01. The molecule has 0 heterocycles.